The van der Waals surface area contributed by atoms with Gasteiger partial charge in [0.05, 0.1) is 0 Å². The monoisotopic (exact) mass is 302 g/mol. The molecule has 6 aliphatic carbocycles. The van der Waals surface area contributed by atoms with E-state index < -0.39 is 0 Å². The van der Waals surface area contributed by atoms with Gasteiger partial charge in [-0.2, -0.15) is 0 Å². The number of carbonyl (C=O) groups is 1. The van der Waals surface area contributed by atoms with Crippen LogP contribution in [-0.2, 0) is 4.79 Å². The molecule has 6 rings (SSSR count). The van der Waals surface area contributed by atoms with E-state index in [9.17, 15) is 4.79 Å². The highest BCUT2D eigenvalue weighted by Crippen LogP contribution is 2.78. The number of Topliss-reactive ketones (excluding diaryl/α,β-unsaturated/α-hetero) is 1. The first-order valence-electron chi connectivity index (χ1n) is 9.67. The van der Waals surface area contributed by atoms with E-state index in [1.54, 1.807) is 0 Å². The Labute approximate surface area is 136 Å². The summed E-state index contributed by atoms with van der Waals surface area (Å²) in [5.41, 5.74) is 0.442. The van der Waals surface area contributed by atoms with E-state index in [4.69, 9.17) is 0 Å². The number of carbonyl (C=O) groups excluding carboxylic acids is 1. The Morgan fingerprint density at radius 3 is 1.36 bits per heavy atom. The lowest BCUT2D eigenvalue weighted by Crippen LogP contribution is -2.74. The minimum absolute atomic E-state index is 0.0102. The maximum absolute atomic E-state index is 14.1. The minimum Gasteiger partial charge on any atom is -0.298 e. The Hall–Kier alpha value is -0.330. The second kappa shape index (κ2) is 4.01. The van der Waals surface area contributed by atoms with Gasteiger partial charge in [-0.05, 0) is 73.0 Å². The number of fused-ring (bicyclic) bond motifs is 4. The number of hydrogen-bond donors (Lipinski definition) is 0. The first-order chi connectivity index (χ1) is 10.1. The van der Waals surface area contributed by atoms with Gasteiger partial charge >= 0.3 is 0 Å². The lowest BCUT2D eigenvalue weighted by Gasteiger charge is -2.75. The van der Waals surface area contributed by atoms with Gasteiger partial charge in [0.1, 0.15) is 5.78 Å². The molecular weight excluding hydrogens is 268 g/mol. The van der Waals surface area contributed by atoms with E-state index >= 15 is 0 Å². The van der Waals surface area contributed by atoms with Crippen molar-refractivity contribution in [3.63, 3.8) is 0 Å². The molecule has 0 saturated heterocycles. The third kappa shape index (κ3) is 1.26. The molecule has 124 valence electrons. The smallest absolute Gasteiger partial charge is 0.146 e. The van der Waals surface area contributed by atoms with Gasteiger partial charge in [-0.15, -0.1) is 0 Å². The highest BCUT2D eigenvalue weighted by molar-refractivity contribution is 5.95. The van der Waals surface area contributed by atoms with Crippen molar-refractivity contribution in [2.45, 2.75) is 80.1 Å². The van der Waals surface area contributed by atoms with Crippen LogP contribution < -0.4 is 0 Å². The molecule has 0 spiro atoms. The fraction of sp³-hybridized carbons (Fsp3) is 0.952. The zero-order valence-corrected chi connectivity index (χ0v) is 15.5. The first-order valence-corrected chi connectivity index (χ1v) is 9.67. The number of ketones is 1. The molecular formula is C21H34O. The van der Waals surface area contributed by atoms with Crippen molar-refractivity contribution in [1.82, 2.24) is 0 Å². The molecule has 0 aromatic rings. The van der Waals surface area contributed by atoms with E-state index in [-0.39, 0.29) is 21.7 Å². The average Bonchev–Trinajstić information content (AvgIpc) is 2.45. The van der Waals surface area contributed by atoms with Crippen molar-refractivity contribution in [3.05, 3.63) is 0 Å². The van der Waals surface area contributed by atoms with Crippen LogP contribution in [0.3, 0.4) is 0 Å². The molecule has 22 heavy (non-hydrogen) atoms. The third-order valence-electron chi connectivity index (χ3n) is 9.87. The highest BCUT2D eigenvalue weighted by atomic mass is 16.1. The normalized spacial score (nSPS) is 54.1. The van der Waals surface area contributed by atoms with Crippen LogP contribution in [0.25, 0.3) is 0 Å². The van der Waals surface area contributed by atoms with Gasteiger partial charge in [0.25, 0.3) is 0 Å². The van der Waals surface area contributed by atoms with Crippen LogP contribution in [-0.4, -0.2) is 5.78 Å². The van der Waals surface area contributed by atoms with Gasteiger partial charge in [-0.25, -0.2) is 0 Å². The Bertz CT molecular complexity index is 484. The zero-order chi connectivity index (χ0) is 16.1. The Morgan fingerprint density at radius 2 is 1.09 bits per heavy atom. The lowest BCUT2D eigenvalue weighted by atomic mass is 9.27. The molecule has 1 nitrogen and oxygen atoms in total. The quantitative estimate of drug-likeness (QED) is 0.660. The molecule has 0 amide bonds. The van der Waals surface area contributed by atoms with Crippen molar-refractivity contribution in [1.29, 1.82) is 0 Å². The van der Waals surface area contributed by atoms with Gasteiger partial charge in [-0.1, -0.05) is 41.5 Å². The van der Waals surface area contributed by atoms with Crippen molar-refractivity contribution >= 4 is 5.78 Å². The summed E-state index contributed by atoms with van der Waals surface area (Å²) >= 11 is 0. The average molecular weight is 303 g/mol. The molecule has 0 radical (unpaired) electrons. The molecule has 0 aliphatic heterocycles. The number of hydrogen-bond acceptors (Lipinski definition) is 1. The molecule has 0 aromatic carbocycles. The van der Waals surface area contributed by atoms with Crippen LogP contribution in [0.15, 0.2) is 0 Å². The van der Waals surface area contributed by atoms with Crippen molar-refractivity contribution in [2.75, 3.05) is 0 Å². The minimum atomic E-state index is -0.0102. The summed E-state index contributed by atoms with van der Waals surface area (Å²) in [4.78, 5) is 14.1. The third-order valence-corrected chi connectivity index (χ3v) is 9.87. The summed E-state index contributed by atoms with van der Waals surface area (Å²) in [6.45, 7) is 14.4. The molecule has 6 atom stereocenters. The van der Waals surface area contributed by atoms with Crippen LogP contribution in [0.5, 0.6) is 0 Å². The van der Waals surface area contributed by atoms with Gasteiger partial charge in [0.2, 0.25) is 0 Å². The van der Waals surface area contributed by atoms with Gasteiger partial charge in [0.15, 0.2) is 0 Å². The summed E-state index contributed by atoms with van der Waals surface area (Å²) in [7, 11) is 0. The predicted octanol–water partition coefficient (Wildman–Crippen LogP) is 5.48. The molecule has 0 heterocycles. The molecule has 6 saturated carbocycles. The van der Waals surface area contributed by atoms with Crippen LogP contribution in [0.2, 0.25) is 0 Å². The van der Waals surface area contributed by atoms with Crippen LogP contribution in [0.1, 0.15) is 80.1 Å². The topological polar surface area (TPSA) is 17.1 Å². The molecule has 1 heteroatoms. The van der Waals surface area contributed by atoms with Crippen LogP contribution >= 0.6 is 0 Å². The van der Waals surface area contributed by atoms with Crippen molar-refractivity contribution in [2.24, 2.45) is 45.3 Å². The number of rotatable bonds is 2. The van der Waals surface area contributed by atoms with E-state index in [0.717, 1.165) is 11.8 Å². The summed E-state index contributed by atoms with van der Waals surface area (Å²) < 4.78 is 0. The van der Waals surface area contributed by atoms with Gasteiger partial charge < -0.3 is 0 Å². The highest BCUT2D eigenvalue weighted by Gasteiger charge is 2.76. The SMILES string of the molecule is CC1CCC2CC1(C(=O)C13CC(CCC1C)C3(C)C)C2(C)C. The van der Waals surface area contributed by atoms with Gasteiger partial charge in [-0.3, -0.25) is 4.79 Å². The second-order valence-electron chi connectivity index (χ2n) is 10.5. The largest absolute Gasteiger partial charge is 0.298 e. The van der Waals surface area contributed by atoms with Crippen LogP contribution in [0, 0.1) is 45.3 Å². The Morgan fingerprint density at radius 1 is 0.727 bits per heavy atom. The van der Waals surface area contributed by atoms with Gasteiger partial charge in [0, 0.05) is 10.8 Å². The summed E-state index contributed by atoms with van der Waals surface area (Å²) in [6.07, 6.45) is 7.61. The standard InChI is InChI=1S/C21H34O/c1-13-7-9-15-11-20(13,18(15,3)4)17(22)21-12-16(19(21,5)6)10-8-14(21)2/h13-16H,7-12H2,1-6H3. The zero-order valence-electron chi connectivity index (χ0n) is 15.5. The fourth-order valence-corrected chi connectivity index (χ4v) is 7.89. The predicted molar refractivity (Wildman–Crippen MR) is 90.4 cm³/mol. The van der Waals surface area contributed by atoms with Crippen molar-refractivity contribution in [3.8, 4) is 0 Å². The fourth-order valence-electron chi connectivity index (χ4n) is 7.89. The maximum Gasteiger partial charge on any atom is 0.146 e. The summed E-state index contributed by atoms with van der Waals surface area (Å²) in [6, 6.07) is 0. The van der Waals surface area contributed by atoms with E-state index in [1.807, 2.05) is 0 Å². The first kappa shape index (κ1) is 15.2. The lowest BCUT2D eigenvalue weighted by molar-refractivity contribution is -0.247. The Balaban J connectivity index is 1.78. The molecule has 0 aromatic heterocycles. The van der Waals surface area contributed by atoms with E-state index in [1.165, 1.54) is 38.5 Å². The molecule has 0 N–H and O–H groups in total. The molecule has 6 aliphatic rings. The molecule has 4 bridgehead atoms. The molecule has 6 unspecified atom stereocenters. The Kier molecular flexibility index (Phi) is 2.77. The van der Waals surface area contributed by atoms with E-state index in [0.29, 0.717) is 17.6 Å². The second-order valence-corrected chi connectivity index (χ2v) is 10.5. The van der Waals surface area contributed by atoms with Crippen molar-refractivity contribution < 1.29 is 4.79 Å². The summed E-state index contributed by atoms with van der Waals surface area (Å²) in [5, 5.41) is 0. The molecule has 6 fully saturated rings. The van der Waals surface area contributed by atoms with E-state index in [2.05, 4.69) is 41.5 Å². The van der Waals surface area contributed by atoms with Crippen LogP contribution in [0.4, 0.5) is 0 Å². The summed E-state index contributed by atoms with van der Waals surface area (Å²) in [5.74, 6) is 3.45. The maximum atomic E-state index is 14.1.